The number of amides is 1. The first-order chi connectivity index (χ1) is 17.4. The zero-order valence-corrected chi connectivity index (χ0v) is 23.8. The summed E-state index contributed by atoms with van der Waals surface area (Å²) in [7, 11) is 0. The SMILES string of the molecule is Cc1ccc(NC(=O)CC(CC(O)OC(C)(C)C)c2nnn(C3CC(CC(C)C)C3)c2C2CC2)c(C)c1. The number of aliphatic hydroxyl groups excluding tert-OH is 1. The second-order valence-corrected chi connectivity index (χ2v) is 12.9. The molecule has 0 aliphatic heterocycles. The van der Waals surface area contributed by atoms with Crippen LogP contribution in [-0.2, 0) is 9.53 Å². The van der Waals surface area contributed by atoms with Crippen LogP contribution in [0.5, 0.6) is 0 Å². The third-order valence-corrected chi connectivity index (χ3v) is 7.53. The van der Waals surface area contributed by atoms with E-state index < -0.39 is 11.9 Å². The summed E-state index contributed by atoms with van der Waals surface area (Å²) in [6.45, 7) is 14.4. The minimum Gasteiger partial charge on any atom is -0.368 e. The van der Waals surface area contributed by atoms with E-state index in [4.69, 9.17) is 4.74 Å². The molecule has 7 nitrogen and oxygen atoms in total. The van der Waals surface area contributed by atoms with Gasteiger partial charge in [0.15, 0.2) is 6.29 Å². The Kier molecular flexibility index (Phi) is 8.44. The van der Waals surface area contributed by atoms with Gasteiger partial charge in [0.1, 0.15) is 0 Å². The number of benzene rings is 1. The van der Waals surface area contributed by atoms with E-state index >= 15 is 0 Å². The Hall–Kier alpha value is -2.25. The normalized spacial score (nSPS) is 21.5. The molecule has 0 spiro atoms. The lowest BCUT2D eigenvalue weighted by molar-refractivity contribution is -0.170. The number of ether oxygens (including phenoxy) is 1. The molecule has 2 aliphatic carbocycles. The molecule has 7 heteroatoms. The van der Waals surface area contributed by atoms with E-state index in [0.29, 0.717) is 24.3 Å². The van der Waals surface area contributed by atoms with Gasteiger partial charge in [0, 0.05) is 30.4 Å². The lowest BCUT2D eigenvalue weighted by Crippen LogP contribution is -2.30. The minimum absolute atomic E-state index is 0.0862. The van der Waals surface area contributed by atoms with E-state index in [0.717, 1.165) is 54.1 Å². The zero-order valence-electron chi connectivity index (χ0n) is 23.8. The number of hydrogen-bond acceptors (Lipinski definition) is 5. The number of aryl methyl sites for hydroxylation is 2. The number of rotatable bonds is 11. The number of nitrogens with zero attached hydrogens (tertiary/aromatic N) is 3. The van der Waals surface area contributed by atoms with Gasteiger partial charge < -0.3 is 15.2 Å². The molecule has 204 valence electrons. The molecular weight excluding hydrogens is 464 g/mol. The molecule has 2 saturated carbocycles. The molecule has 2 fully saturated rings. The summed E-state index contributed by atoms with van der Waals surface area (Å²) in [4.78, 5) is 13.3. The van der Waals surface area contributed by atoms with Gasteiger partial charge in [-0.3, -0.25) is 4.79 Å². The van der Waals surface area contributed by atoms with Gasteiger partial charge in [-0.2, -0.15) is 0 Å². The molecule has 1 heterocycles. The van der Waals surface area contributed by atoms with Gasteiger partial charge in [0.05, 0.1) is 23.0 Å². The number of aromatic nitrogens is 3. The number of anilines is 1. The molecule has 0 radical (unpaired) electrons. The van der Waals surface area contributed by atoms with Crippen LogP contribution in [0.2, 0.25) is 0 Å². The summed E-state index contributed by atoms with van der Waals surface area (Å²) in [5.41, 5.74) is 4.57. The predicted molar refractivity (Wildman–Crippen MR) is 147 cm³/mol. The fraction of sp³-hybridized carbons (Fsp3) is 0.700. The Morgan fingerprint density at radius 2 is 1.92 bits per heavy atom. The lowest BCUT2D eigenvalue weighted by atomic mass is 9.75. The van der Waals surface area contributed by atoms with Crippen molar-refractivity contribution in [3.8, 4) is 0 Å². The van der Waals surface area contributed by atoms with Crippen molar-refractivity contribution in [1.29, 1.82) is 0 Å². The molecule has 2 atom stereocenters. The largest absolute Gasteiger partial charge is 0.368 e. The molecule has 2 unspecified atom stereocenters. The third kappa shape index (κ3) is 7.41. The average Bonchev–Trinajstić information content (AvgIpc) is 3.49. The van der Waals surface area contributed by atoms with Crippen LogP contribution < -0.4 is 5.32 Å². The summed E-state index contributed by atoms with van der Waals surface area (Å²) in [6.07, 6.45) is 5.34. The first kappa shape index (κ1) is 27.8. The molecule has 0 saturated heterocycles. The fourth-order valence-electron chi connectivity index (χ4n) is 5.76. The Morgan fingerprint density at radius 3 is 2.51 bits per heavy atom. The van der Waals surface area contributed by atoms with E-state index in [1.165, 1.54) is 12.1 Å². The highest BCUT2D eigenvalue weighted by Gasteiger charge is 2.40. The van der Waals surface area contributed by atoms with Crippen molar-refractivity contribution in [1.82, 2.24) is 15.0 Å². The summed E-state index contributed by atoms with van der Waals surface area (Å²) >= 11 is 0. The molecule has 2 N–H and O–H groups in total. The van der Waals surface area contributed by atoms with Crippen LogP contribution >= 0.6 is 0 Å². The highest BCUT2D eigenvalue weighted by atomic mass is 16.6. The van der Waals surface area contributed by atoms with Crippen molar-refractivity contribution in [3.05, 3.63) is 40.7 Å². The standard InChI is InChI=1S/C30H46N4O3/c1-18(2)12-21-14-24(15-21)34-29(22-9-10-22)28(32-33-34)23(17-27(36)37-30(5,6)7)16-26(35)31-25-11-8-19(3)13-20(25)4/h8,11,13,18,21-24,27,36H,9-10,12,14-17H2,1-7H3,(H,31,35). The van der Waals surface area contributed by atoms with E-state index in [9.17, 15) is 9.90 Å². The van der Waals surface area contributed by atoms with Crippen molar-refractivity contribution in [2.24, 2.45) is 11.8 Å². The van der Waals surface area contributed by atoms with Crippen LogP contribution in [0.4, 0.5) is 5.69 Å². The maximum atomic E-state index is 13.3. The van der Waals surface area contributed by atoms with E-state index in [-0.39, 0.29) is 18.2 Å². The zero-order chi connectivity index (χ0) is 26.9. The first-order valence-corrected chi connectivity index (χ1v) is 14.1. The maximum Gasteiger partial charge on any atom is 0.225 e. The van der Waals surface area contributed by atoms with Gasteiger partial charge >= 0.3 is 0 Å². The summed E-state index contributed by atoms with van der Waals surface area (Å²) in [6, 6.07) is 6.41. The molecule has 1 amide bonds. The van der Waals surface area contributed by atoms with Crippen molar-refractivity contribution in [2.45, 2.75) is 123 Å². The summed E-state index contributed by atoms with van der Waals surface area (Å²) in [5.74, 6) is 1.55. The molecular formula is C30H46N4O3. The topological polar surface area (TPSA) is 89.3 Å². The highest BCUT2D eigenvalue weighted by Crippen LogP contribution is 2.48. The van der Waals surface area contributed by atoms with Crippen molar-refractivity contribution in [3.63, 3.8) is 0 Å². The van der Waals surface area contributed by atoms with Crippen molar-refractivity contribution >= 4 is 11.6 Å². The number of carbonyl (C=O) groups excluding carboxylic acids is 1. The van der Waals surface area contributed by atoms with Crippen molar-refractivity contribution < 1.29 is 14.6 Å². The third-order valence-electron chi connectivity index (χ3n) is 7.53. The van der Waals surface area contributed by atoms with Crippen molar-refractivity contribution in [2.75, 3.05) is 5.32 Å². The maximum absolute atomic E-state index is 13.3. The van der Waals surface area contributed by atoms with Gasteiger partial charge in [-0.15, -0.1) is 5.10 Å². The highest BCUT2D eigenvalue weighted by molar-refractivity contribution is 5.92. The van der Waals surface area contributed by atoms with E-state index in [2.05, 4.69) is 40.2 Å². The Labute approximate surface area is 222 Å². The summed E-state index contributed by atoms with van der Waals surface area (Å²) < 4.78 is 8.01. The molecule has 2 aromatic rings. The van der Waals surface area contributed by atoms with E-state index in [1.807, 2.05) is 46.8 Å². The van der Waals surface area contributed by atoms with Crippen LogP contribution in [0, 0.1) is 25.7 Å². The Bertz CT molecular complexity index is 1080. The molecule has 1 aromatic heterocycles. The first-order valence-electron chi connectivity index (χ1n) is 14.1. The fourth-order valence-corrected chi connectivity index (χ4v) is 5.76. The van der Waals surface area contributed by atoms with Crippen LogP contribution in [-0.4, -0.2) is 37.9 Å². The molecule has 2 aliphatic rings. The van der Waals surface area contributed by atoms with Gasteiger partial charge in [0.2, 0.25) is 5.91 Å². The van der Waals surface area contributed by atoms with Gasteiger partial charge in [-0.25, -0.2) is 4.68 Å². The second-order valence-electron chi connectivity index (χ2n) is 12.9. The van der Waals surface area contributed by atoms with Crippen LogP contribution in [0.15, 0.2) is 18.2 Å². The monoisotopic (exact) mass is 510 g/mol. The number of hydrogen-bond donors (Lipinski definition) is 2. The molecule has 1 aromatic carbocycles. The van der Waals surface area contributed by atoms with Gasteiger partial charge in [-0.05, 0) is 90.2 Å². The van der Waals surface area contributed by atoms with Gasteiger partial charge in [-0.1, -0.05) is 36.8 Å². The number of nitrogens with one attached hydrogen (secondary N) is 1. The Morgan fingerprint density at radius 1 is 1.22 bits per heavy atom. The molecule has 4 rings (SSSR count). The second kappa shape index (κ2) is 11.2. The molecule has 0 bridgehead atoms. The van der Waals surface area contributed by atoms with Crippen LogP contribution in [0.1, 0.15) is 120 Å². The average molecular weight is 511 g/mol. The lowest BCUT2D eigenvalue weighted by Gasteiger charge is -2.37. The van der Waals surface area contributed by atoms with Crippen LogP contribution in [0.25, 0.3) is 0 Å². The minimum atomic E-state index is -0.991. The number of aliphatic hydroxyl groups is 1. The summed E-state index contributed by atoms with van der Waals surface area (Å²) in [5, 5.41) is 23.2. The quantitative estimate of drug-likeness (QED) is 0.341. The van der Waals surface area contributed by atoms with Gasteiger partial charge in [0.25, 0.3) is 0 Å². The van der Waals surface area contributed by atoms with Crippen LogP contribution in [0.3, 0.4) is 0 Å². The Balaban J connectivity index is 1.55. The van der Waals surface area contributed by atoms with E-state index in [1.54, 1.807) is 0 Å². The number of carbonyl (C=O) groups is 1. The smallest absolute Gasteiger partial charge is 0.225 e. The molecule has 37 heavy (non-hydrogen) atoms. The predicted octanol–water partition coefficient (Wildman–Crippen LogP) is 6.41.